The molecule has 0 spiro atoms. The highest BCUT2D eigenvalue weighted by molar-refractivity contribution is 6.08. The van der Waals surface area contributed by atoms with Crippen LogP contribution in [0.1, 0.15) is 0 Å². The number of rotatable bonds is 4. The first-order valence-electron chi connectivity index (χ1n) is 8.57. The van der Waals surface area contributed by atoms with E-state index in [1.165, 1.54) is 0 Å². The van der Waals surface area contributed by atoms with Gasteiger partial charge >= 0.3 is 0 Å². The molecular weight excluding hydrogens is 314 g/mol. The van der Waals surface area contributed by atoms with E-state index in [4.69, 9.17) is 4.74 Å². The third-order valence-corrected chi connectivity index (χ3v) is 4.50. The third kappa shape index (κ3) is 3.43. The van der Waals surface area contributed by atoms with Crippen LogP contribution in [0.3, 0.4) is 0 Å². The molecule has 5 nitrogen and oxygen atoms in total. The van der Waals surface area contributed by atoms with Crippen molar-refractivity contribution < 1.29 is 9.53 Å². The lowest BCUT2D eigenvalue weighted by Gasteiger charge is -2.25. The topological polar surface area (TPSA) is 57.4 Å². The van der Waals surface area contributed by atoms with Crippen LogP contribution in [0.15, 0.2) is 54.6 Å². The maximum Gasteiger partial charge on any atom is 0.238 e. The lowest BCUT2D eigenvalue weighted by molar-refractivity contribution is -0.118. The van der Waals surface area contributed by atoms with E-state index in [9.17, 15) is 4.79 Å². The fraction of sp³-hybridized carbons (Fsp3) is 0.250. The number of benzene rings is 2. The Kier molecular flexibility index (Phi) is 4.50. The van der Waals surface area contributed by atoms with Gasteiger partial charge in [-0.15, -0.1) is 0 Å². The second-order valence-electron chi connectivity index (χ2n) is 6.22. The fourth-order valence-electron chi connectivity index (χ4n) is 3.23. The molecule has 1 saturated heterocycles. The van der Waals surface area contributed by atoms with Crippen molar-refractivity contribution in [1.82, 2.24) is 9.88 Å². The quantitative estimate of drug-likeness (QED) is 0.770. The molecule has 0 saturated carbocycles. The maximum absolute atomic E-state index is 12.6. The summed E-state index contributed by atoms with van der Waals surface area (Å²) in [6, 6.07) is 18.1. The molecular formula is C20H21N3O2. The molecule has 1 aromatic heterocycles. The zero-order valence-electron chi connectivity index (χ0n) is 14.0. The molecule has 0 unspecified atom stereocenters. The van der Waals surface area contributed by atoms with Gasteiger partial charge in [-0.2, -0.15) is 0 Å². The van der Waals surface area contributed by atoms with Crippen molar-refractivity contribution in [1.29, 1.82) is 0 Å². The second-order valence-corrected chi connectivity index (χ2v) is 6.22. The molecule has 25 heavy (non-hydrogen) atoms. The minimum Gasteiger partial charge on any atom is -0.379 e. The van der Waals surface area contributed by atoms with Gasteiger partial charge in [0.15, 0.2) is 0 Å². The standard InChI is InChI=1S/C20H21N3O2/c24-18(14-23-10-12-25-13-11-23)22-20-16-8-4-5-9-17(16)21-19(20)15-6-2-1-3-7-15/h1-9,21H,10-14H2,(H,22,24). The number of para-hydroxylation sites is 1. The predicted molar refractivity (Wildman–Crippen MR) is 99.6 cm³/mol. The summed E-state index contributed by atoms with van der Waals surface area (Å²) in [7, 11) is 0. The number of nitrogens with one attached hydrogen (secondary N) is 2. The van der Waals surface area contributed by atoms with Gasteiger partial charge in [-0.05, 0) is 6.07 Å². The van der Waals surface area contributed by atoms with Crippen LogP contribution in [0, 0.1) is 0 Å². The summed E-state index contributed by atoms with van der Waals surface area (Å²) in [5, 5.41) is 4.15. The van der Waals surface area contributed by atoms with Gasteiger partial charge in [-0.25, -0.2) is 0 Å². The lowest BCUT2D eigenvalue weighted by Crippen LogP contribution is -2.41. The number of nitrogens with zero attached hydrogens (tertiary/aromatic N) is 1. The molecule has 0 aliphatic carbocycles. The van der Waals surface area contributed by atoms with Crippen molar-refractivity contribution in [2.24, 2.45) is 0 Å². The zero-order chi connectivity index (χ0) is 17.1. The Balaban J connectivity index is 1.64. The molecule has 0 radical (unpaired) electrons. The molecule has 2 N–H and O–H groups in total. The number of morpholine rings is 1. The van der Waals surface area contributed by atoms with Crippen molar-refractivity contribution in [2.45, 2.75) is 0 Å². The van der Waals surface area contributed by atoms with E-state index in [0.29, 0.717) is 19.8 Å². The molecule has 0 bridgehead atoms. The minimum atomic E-state index is 0.00355. The summed E-state index contributed by atoms with van der Waals surface area (Å²) in [6.07, 6.45) is 0. The summed E-state index contributed by atoms with van der Waals surface area (Å²) in [5.41, 5.74) is 3.86. The Labute approximate surface area is 146 Å². The van der Waals surface area contributed by atoms with E-state index >= 15 is 0 Å². The molecule has 1 aliphatic heterocycles. The van der Waals surface area contributed by atoms with Crippen molar-refractivity contribution >= 4 is 22.5 Å². The van der Waals surface area contributed by atoms with Crippen LogP contribution in [-0.2, 0) is 9.53 Å². The average Bonchev–Trinajstić information content (AvgIpc) is 3.02. The number of fused-ring (bicyclic) bond motifs is 1. The number of hydrogen-bond acceptors (Lipinski definition) is 3. The Morgan fingerprint density at radius 2 is 1.76 bits per heavy atom. The van der Waals surface area contributed by atoms with Gasteiger partial charge in [0.25, 0.3) is 0 Å². The average molecular weight is 335 g/mol. The molecule has 1 amide bonds. The first-order chi connectivity index (χ1) is 12.3. The Morgan fingerprint density at radius 1 is 1.04 bits per heavy atom. The fourth-order valence-corrected chi connectivity index (χ4v) is 3.23. The molecule has 1 aliphatic rings. The minimum absolute atomic E-state index is 0.00355. The Morgan fingerprint density at radius 3 is 2.56 bits per heavy atom. The van der Waals surface area contributed by atoms with Gasteiger partial charge in [0.2, 0.25) is 5.91 Å². The second kappa shape index (κ2) is 7.09. The van der Waals surface area contributed by atoms with Crippen molar-refractivity contribution in [2.75, 3.05) is 38.2 Å². The van der Waals surface area contributed by atoms with Gasteiger partial charge in [-0.1, -0.05) is 48.5 Å². The molecule has 2 heterocycles. The Hall–Kier alpha value is -2.63. The number of aromatic amines is 1. The van der Waals surface area contributed by atoms with E-state index in [1.807, 2.05) is 54.6 Å². The van der Waals surface area contributed by atoms with Gasteiger partial charge in [0, 0.05) is 29.6 Å². The number of ether oxygens (including phenoxy) is 1. The summed E-state index contributed by atoms with van der Waals surface area (Å²) >= 11 is 0. The molecule has 1 fully saturated rings. The van der Waals surface area contributed by atoms with Crippen LogP contribution in [0.2, 0.25) is 0 Å². The smallest absolute Gasteiger partial charge is 0.238 e. The number of H-pyrrole nitrogens is 1. The van der Waals surface area contributed by atoms with Crippen LogP contribution in [0.4, 0.5) is 5.69 Å². The number of amides is 1. The SMILES string of the molecule is O=C(CN1CCOCC1)Nc1c(-c2ccccc2)[nH]c2ccccc12. The predicted octanol–water partition coefficient (Wildman–Crippen LogP) is 3.11. The summed E-state index contributed by atoms with van der Waals surface area (Å²) in [6.45, 7) is 3.36. The Bertz CT molecular complexity index is 867. The number of anilines is 1. The largest absolute Gasteiger partial charge is 0.379 e. The summed E-state index contributed by atoms with van der Waals surface area (Å²) in [5.74, 6) is 0.00355. The zero-order valence-corrected chi connectivity index (χ0v) is 14.0. The molecule has 2 aromatic carbocycles. The van der Waals surface area contributed by atoms with Gasteiger partial charge in [-0.3, -0.25) is 9.69 Å². The molecule has 4 rings (SSSR count). The van der Waals surface area contributed by atoms with E-state index in [1.54, 1.807) is 0 Å². The van der Waals surface area contributed by atoms with Crippen molar-refractivity contribution in [3.63, 3.8) is 0 Å². The van der Waals surface area contributed by atoms with E-state index in [0.717, 1.165) is 40.9 Å². The first-order valence-corrected chi connectivity index (χ1v) is 8.57. The molecule has 3 aromatic rings. The van der Waals surface area contributed by atoms with Crippen LogP contribution >= 0.6 is 0 Å². The van der Waals surface area contributed by atoms with Crippen LogP contribution in [0.25, 0.3) is 22.2 Å². The van der Waals surface area contributed by atoms with Crippen molar-refractivity contribution in [3.8, 4) is 11.3 Å². The molecule has 128 valence electrons. The van der Waals surface area contributed by atoms with Gasteiger partial charge in [0.05, 0.1) is 31.1 Å². The van der Waals surface area contributed by atoms with E-state index in [-0.39, 0.29) is 5.91 Å². The number of carbonyl (C=O) groups is 1. The van der Waals surface area contributed by atoms with Crippen LogP contribution < -0.4 is 5.32 Å². The monoisotopic (exact) mass is 335 g/mol. The normalized spacial score (nSPS) is 15.4. The first kappa shape index (κ1) is 15.9. The molecule has 0 atom stereocenters. The number of hydrogen-bond donors (Lipinski definition) is 2. The number of aromatic nitrogens is 1. The molecule has 5 heteroatoms. The summed E-state index contributed by atoms with van der Waals surface area (Å²) < 4.78 is 5.34. The van der Waals surface area contributed by atoms with Gasteiger partial charge in [0.1, 0.15) is 0 Å². The third-order valence-electron chi connectivity index (χ3n) is 4.50. The highest BCUT2D eigenvalue weighted by atomic mass is 16.5. The van der Waals surface area contributed by atoms with E-state index < -0.39 is 0 Å². The number of carbonyl (C=O) groups excluding carboxylic acids is 1. The van der Waals surface area contributed by atoms with Crippen LogP contribution in [0.5, 0.6) is 0 Å². The highest BCUT2D eigenvalue weighted by Crippen LogP contribution is 2.34. The maximum atomic E-state index is 12.6. The van der Waals surface area contributed by atoms with E-state index in [2.05, 4.69) is 15.2 Å². The lowest BCUT2D eigenvalue weighted by atomic mass is 10.1. The van der Waals surface area contributed by atoms with Crippen LogP contribution in [-0.4, -0.2) is 48.6 Å². The highest BCUT2D eigenvalue weighted by Gasteiger charge is 2.18. The summed E-state index contributed by atoms with van der Waals surface area (Å²) in [4.78, 5) is 18.2. The van der Waals surface area contributed by atoms with Gasteiger partial charge < -0.3 is 15.0 Å². The van der Waals surface area contributed by atoms with Crippen molar-refractivity contribution in [3.05, 3.63) is 54.6 Å².